The van der Waals surface area contributed by atoms with Crippen molar-refractivity contribution in [2.45, 2.75) is 6.92 Å². The highest BCUT2D eigenvalue weighted by atomic mass is 19.1. The molecule has 0 unspecified atom stereocenters. The smallest absolute Gasteiger partial charge is 0.258 e. The van der Waals surface area contributed by atoms with Crippen LogP contribution in [0.1, 0.15) is 15.9 Å². The van der Waals surface area contributed by atoms with E-state index in [-0.39, 0.29) is 11.4 Å². The number of anilines is 1. The van der Waals surface area contributed by atoms with Gasteiger partial charge >= 0.3 is 0 Å². The summed E-state index contributed by atoms with van der Waals surface area (Å²) < 4.78 is 26.4. The van der Waals surface area contributed by atoms with E-state index in [4.69, 9.17) is 0 Å². The monoisotopic (exact) mass is 247 g/mol. The number of hydrogen-bond donors (Lipinski definition) is 1. The van der Waals surface area contributed by atoms with Crippen LogP contribution in [0.15, 0.2) is 42.5 Å². The fraction of sp³-hybridized carbons (Fsp3) is 0.0714. The van der Waals surface area contributed by atoms with Crippen LogP contribution in [-0.4, -0.2) is 5.91 Å². The average molecular weight is 247 g/mol. The van der Waals surface area contributed by atoms with Gasteiger partial charge in [0.1, 0.15) is 11.6 Å². The molecule has 0 bridgehead atoms. The van der Waals surface area contributed by atoms with E-state index in [1.165, 1.54) is 36.4 Å². The van der Waals surface area contributed by atoms with E-state index in [0.29, 0.717) is 11.3 Å². The summed E-state index contributed by atoms with van der Waals surface area (Å²) in [6.45, 7) is 1.59. The van der Waals surface area contributed by atoms with Gasteiger partial charge in [-0.2, -0.15) is 0 Å². The largest absolute Gasteiger partial charge is 0.322 e. The fourth-order valence-corrected chi connectivity index (χ4v) is 1.57. The Morgan fingerprint density at radius 2 is 1.78 bits per heavy atom. The zero-order valence-electron chi connectivity index (χ0n) is 9.71. The Balaban J connectivity index is 2.22. The van der Waals surface area contributed by atoms with Gasteiger partial charge in [0, 0.05) is 5.69 Å². The van der Waals surface area contributed by atoms with Gasteiger partial charge in [-0.15, -0.1) is 0 Å². The van der Waals surface area contributed by atoms with Crippen molar-refractivity contribution in [2.75, 3.05) is 5.32 Å². The number of carbonyl (C=O) groups is 1. The lowest BCUT2D eigenvalue weighted by atomic mass is 10.1. The molecule has 0 aliphatic rings. The molecular formula is C14H11F2NO. The van der Waals surface area contributed by atoms with Crippen LogP contribution >= 0.6 is 0 Å². The van der Waals surface area contributed by atoms with Crippen LogP contribution < -0.4 is 5.32 Å². The SMILES string of the molecule is Cc1cc(NC(=O)c2ccccc2F)ccc1F. The van der Waals surface area contributed by atoms with Gasteiger partial charge < -0.3 is 5.32 Å². The molecule has 2 aromatic carbocycles. The number of halogens is 2. The third kappa shape index (κ3) is 2.53. The molecule has 4 heteroatoms. The predicted octanol–water partition coefficient (Wildman–Crippen LogP) is 3.53. The number of hydrogen-bond acceptors (Lipinski definition) is 1. The van der Waals surface area contributed by atoms with E-state index in [0.717, 1.165) is 0 Å². The Labute approximate surface area is 103 Å². The minimum atomic E-state index is -0.589. The van der Waals surface area contributed by atoms with Crippen LogP contribution in [0.3, 0.4) is 0 Å². The van der Waals surface area contributed by atoms with E-state index >= 15 is 0 Å². The maximum absolute atomic E-state index is 13.4. The van der Waals surface area contributed by atoms with Crippen LogP contribution in [0.4, 0.5) is 14.5 Å². The van der Waals surface area contributed by atoms with Gasteiger partial charge in [-0.3, -0.25) is 4.79 Å². The third-order valence-electron chi connectivity index (χ3n) is 2.53. The molecular weight excluding hydrogens is 236 g/mol. The summed E-state index contributed by atoms with van der Waals surface area (Å²) >= 11 is 0. The van der Waals surface area contributed by atoms with Gasteiger partial charge in [-0.05, 0) is 42.8 Å². The molecule has 0 aliphatic heterocycles. The highest BCUT2D eigenvalue weighted by molar-refractivity contribution is 6.04. The van der Waals surface area contributed by atoms with Crippen molar-refractivity contribution in [1.29, 1.82) is 0 Å². The Hall–Kier alpha value is -2.23. The first-order valence-electron chi connectivity index (χ1n) is 5.40. The molecule has 18 heavy (non-hydrogen) atoms. The molecule has 0 fully saturated rings. The number of carbonyl (C=O) groups excluding carboxylic acids is 1. The van der Waals surface area contributed by atoms with Gasteiger partial charge in [0.25, 0.3) is 5.91 Å². The summed E-state index contributed by atoms with van der Waals surface area (Å²) in [7, 11) is 0. The number of rotatable bonds is 2. The third-order valence-corrected chi connectivity index (χ3v) is 2.53. The van der Waals surface area contributed by atoms with Crippen molar-refractivity contribution in [1.82, 2.24) is 0 Å². The summed E-state index contributed by atoms with van der Waals surface area (Å²) in [5.74, 6) is -1.49. The quantitative estimate of drug-likeness (QED) is 0.864. The summed E-state index contributed by atoms with van der Waals surface area (Å²) in [5, 5.41) is 2.52. The second kappa shape index (κ2) is 4.96. The number of nitrogens with one attached hydrogen (secondary N) is 1. The van der Waals surface area contributed by atoms with Crippen LogP contribution in [0.25, 0.3) is 0 Å². The Morgan fingerprint density at radius 3 is 2.44 bits per heavy atom. The Kier molecular flexibility index (Phi) is 3.37. The predicted molar refractivity (Wildman–Crippen MR) is 65.5 cm³/mol. The van der Waals surface area contributed by atoms with Crippen molar-refractivity contribution in [3.05, 3.63) is 65.2 Å². The summed E-state index contributed by atoms with van der Waals surface area (Å²) in [6, 6.07) is 9.87. The first kappa shape index (κ1) is 12.2. The number of aryl methyl sites for hydroxylation is 1. The molecule has 0 saturated heterocycles. The van der Waals surface area contributed by atoms with Crippen LogP contribution in [-0.2, 0) is 0 Å². The molecule has 1 N–H and O–H groups in total. The van der Waals surface area contributed by atoms with E-state index in [2.05, 4.69) is 5.32 Å². The molecule has 0 heterocycles. The van der Waals surface area contributed by atoms with Gasteiger partial charge in [0.05, 0.1) is 5.56 Å². The number of benzene rings is 2. The van der Waals surface area contributed by atoms with Crippen molar-refractivity contribution in [3.8, 4) is 0 Å². The van der Waals surface area contributed by atoms with Gasteiger partial charge in [0.15, 0.2) is 0 Å². The van der Waals surface area contributed by atoms with Crippen LogP contribution in [0.5, 0.6) is 0 Å². The van der Waals surface area contributed by atoms with Crippen LogP contribution in [0, 0.1) is 18.6 Å². The zero-order valence-corrected chi connectivity index (χ0v) is 9.71. The molecule has 2 rings (SSSR count). The molecule has 0 aliphatic carbocycles. The molecule has 0 atom stereocenters. The lowest BCUT2D eigenvalue weighted by Gasteiger charge is -2.07. The van der Waals surface area contributed by atoms with E-state index < -0.39 is 11.7 Å². The van der Waals surface area contributed by atoms with Crippen molar-refractivity contribution in [3.63, 3.8) is 0 Å². The first-order chi connectivity index (χ1) is 8.58. The van der Waals surface area contributed by atoms with Gasteiger partial charge in [-0.25, -0.2) is 8.78 Å². The summed E-state index contributed by atoms with van der Waals surface area (Å²) in [6.07, 6.45) is 0. The number of amides is 1. The summed E-state index contributed by atoms with van der Waals surface area (Å²) in [4.78, 5) is 11.8. The van der Waals surface area contributed by atoms with Gasteiger partial charge in [-0.1, -0.05) is 12.1 Å². The van der Waals surface area contributed by atoms with Crippen molar-refractivity contribution < 1.29 is 13.6 Å². The van der Waals surface area contributed by atoms with Crippen LogP contribution in [0.2, 0.25) is 0 Å². The molecule has 92 valence electrons. The fourth-order valence-electron chi connectivity index (χ4n) is 1.57. The standard InChI is InChI=1S/C14H11F2NO/c1-9-8-10(6-7-12(9)15)17-14(18)11-4-2-3-5-13(11)16/h2-8H,1H3,(H,17,18). The Morgan fingerprint density at radius 1 is 1.06 bits per heavy atom. The summed E-state index contributed by atoms with van der Waals surface area (Å²) in [5.41, 5.74) is 0.808. The molecule has 1 amide bonds. The maximum atomic E-state index is 13.4. The molecule has 0 aromatic heterocycles. The van der Waals surface area contributed by atoms with Gasteiger partial charge in [0.2, 0.25) is 0 Å². The second-order valence-corrected chi connectivity index (χ2v) is 3.90. The minimum Gasteiger partial charge on any atom is -0.322 e. The van der Waals surface area contributed by atoms with E-state index in [9.17, 15) is 13.6 Å². The lowest BCUT2D eigenvalue weighted by molar-refractivity contribution is 0.102. The van der Waals surface area contributed by atoms with E-state index in [1.54, 1.807) is 13.0 Å². The minimum absolute atomic E-state index is 0.0421. The molecule has 0 spiro atoms. The molecule has 0 radical (unpaired) electrons. The zero-order chi connectivity index (χ0) is 13.1. The highest BCUT2D eigenvalue weighted by Gasteiger charge is 2.11. The normalized spacial score (nSPS) is 10.2. The second-order valence-electron chi connectivity index (χ2n) is 3.90. The van der Waals surface area contributed by atoms with Crippen molar-refractivity contribution in [2.24, 2.45) is 0 Å². The average Bonchev–Trinajstić information content (AvgIpc) is 2.34. The van der Waals surface area contributed by atoms with Crippen molar-refractivity contribution >= 4 is 11.6 Å². The first-order valence-corrected chi connectivity index (χ1v) is 5.40. The highest BCUT2D eigenvalue weighted by Crippen LogP contribution is 2.15. The maximum Gasteiger partial charge on any atom is 0.258 e. The lowest BCUT2D eigenvalue weighted by Crippen LogP contribution is -2.13. The van der Waals surface area contributed by atoms with E-state index in [1.807, 2.05) is 0 Å². The molecule has 2 aromatic rings. The molecule has 0 saturated carbocycles. The molecule has 2 nitrogen and oxygen atoms in total. The topological polar surface area (TPSA) is 29.1 Å². The Bertz CT molecular complexity index is 596.